The zero-order chi connectivity index (χ0) is 20.9. The van der Waals surface area contributed by atoms with Crippen LogP contribution in [0.4, 0.5) is 10.8 Å². The third kappa shape index (κ3) is 5.62. The first-order valence-corrected chi connectivity index (χ1v) is 11.9. The number of nitrogens with one attached hydrogen (secondary N) is 3. The van der Waals surface area contributed by atoms with Crippen LogP contribution in [0.3, 0.4) is 0 Å². The molecule has 1 heterocycles. The fourth-order valence-electron chi connectivity index (χ4n) is 3.35. The minimum Gasteiger partial charge on any atom is -0.588 e. The number of rotatable bonds is 7. The molecule has 2 amide bonds. The predicted molar refractivity (Wildman–Crippen MR) is 112 cm³/mol. The molecule has 10 heteroatoms. The van der Waals surface area contributed by atoms with E-state index in [4.69, 9.17) is 0 Å². The lowest BCUT2D eigenvalue weighted by Crippen LogP contribution is -2.35. The van der Waals surface area contributed by atoms with Gasteiger partial charge >= 0.3 is 0 Å². The third-order valence-electron chi connectivity index (χ3n) is 4.91. The van der Waals surface area contributed by atoms with Crippen LogP contribution >= 0.6 is 11.3 Å². The van der Waals surface area contributed by atoms with Gasteiger partial charge < -0.3 is 15.2 Å². The highest BCUT2D eigenvalue weighted by molar-refractivity contribution is 7.99. The molecule has 1 saturated carbocycles. The van der Waals surface area contributed by atoms with E-state index in [-0.39, 0.29) is 28.5 Å². The quantitative estimate of drug-likeness (QED) is 0.576. The summed E-state index contributed by atoms with van der Waals surface area (Å²) < 4.78 is 27.1. The van der Waals surface area contributed by atoms with E-state index in [9.17, 15) is 18.4 Å². The molecule has 1 aliphatic rings. The molecule has 0 saturated heterocycles. The fraction of sp³-hybridized carbons (Fsp3) is 0.421. The molecule has 0 spiro atoms. The van der Waals surface area contributed by atoms with Crippen LogP contribution in [-0.2, 0) is 24.2 Å². The zero-order valence-corrected chi connectivity index (χ0v) is 17.7. The Morgan fingerprint density at radius 3 is 2.31 bits per heavy atom. The van der Waals surface area contributed by atoms with Gasteiger partial charge in [0.1, 0.15) is 0 Å². The minimum absolute atomic E-state index is 0.0196. The lowest BCUT2D eigenvalue weighted by molar-refractivity contribution is -0.128. The Hall–Kier alpha value is -2.30. The molecule has 156 valence electrons. The number of amides is 2. The van der Waals surface area contributed by atoms with E-state index in [1.807, 2.05) is 6.92 Å². The first-order chi connectivity index (χ1) is 13.9. The predicted octanol–water partition coefficient (Wildman–Crippen LogP) is 3.04. The van der Waals surface area contributed by atoms with Crippen LogP contribution in [0, 0.1) is 11.8 Å². The lowest BCUT2D eigenvalue weighted by Gasteiger charge is -2.27. The summed E-state index contributed by atoms with van der Waals surface area (Å²) >= 11 is 1.19. The van der Waals surface area contributed by atoms with E-state index in [0.29, 0.717) is 43.0 Å². The standard InChI is InChI=1S/C19H24N4O4S2/c1-2-20-17(24)13-3-5-14(6-4-13)18(25)22-15-7-9-16(10-8-15)29(26,27)23-19-21-11-12-28-19/h7-14H,2-6H2,1H3,(H3-,20,21,22,23,24,25,26,27). The van der Waals surface area contributed by atoms with Gasteiger partial charge in [0, 0.05) is 35.6 Å². The maximum absolute atomic E-state index is 12.5. The Balaban J connectivity index is 1.54. The van der Waals surface area contributed by atoms with Gasteiger partial charge in [-0.1, -0.05) is 4.21 Å². The summed E-state index contributed by atoms with van der Waals surface area (Å²) in [5, 5.41) is 7.65. The third-order valence-corrected chi connectivity index (χ3v) is 7.08. The molecule has 1 unspecified atom stereocenters. The summed E-state index contributed by atoms with van der Waals surface area (Å²) in [6.07, 6.45) is 4.24. The Morgan fingerprint density at radius 2 is 1.76 bits per heavy atom. The highest BCUT2D eigenvalue weighted by atomic mass is 32.3. The summed E-state index contributed by atoms with van der Waals surface area (Å²) in [5.74, 6) is -0.199. The molecule has 3 N–H and O–H groups in total. The van der Waals surface area contributed by atoms with Crippen molar-refractivity contribution in [3.8, 4) is 0 Å². The van der Waals surface area contributed by atoms with Crippen molar-refractivity contribution in [1.29, 1.82) is 0 Å². The van der Waals surface area contributed by atoms with Gasteiger partial charge in [0.25, 0.3) is 0 Å². The molecule has 1 aromatic heterocycles. The van der Waals surface area contributed by atoms with Crippen LogP contribution < -0.4 is 15.4 Å². The fourth-order valence-corrected chi connectivity index (χ4v) is 5.13. The minimum atomic E-state index is -3.72. The van der Waals surface area contributed by atoms with Crippen LogP contribution in [0.15, 0.2) is 40.7 Å². The molecular formula is C19H24N4O4S2. The SMILES string of the molecule is CCNC(=O)C1CCC(C(=O)Nc2ccc([S+](=O)([O-])Nc3nccs3)cc2)CC1. The van der Waals surface area contributed by atoms with Gasteiger partial charge in [-0.05, 0) is 56.9 Å². The zero-order valence-electron chi connectivity index (χ0n) is 16.1. The summed E-state index contributed by atoms with van der Waals surface area (Å²) in [4.78, 5) is 28.4. The van der Waals surface area contributed by atoms with Crippen molar-refractivity contribution < 1.29 is 18.4 Å². The van der Waals surface area contributed by atoms with E-state index in [1.165, 1.54) is 29.7 Å². The van der Waals surface area contributed by atoms with Gasteiger partial charge in [-0.3, -0.25) is 9.59 Å². The van der Waals surface area contributed by atoms with Gasteiger partial charge in [-0.15, -0.1) is 11.3 Å². The Labute approximate surface area is 174 Å². The first-order valence-electron chi connectivity index (χ1n) is 9.50. The number of thiazole rings is 1. The van der Waals surface area contributed by atoms with Crippen molar-refractivity contribution in [2.24, 2.45) is 11.8 Å². The molecule has 1 aromatic carbocycles. The number of nitrogens with zero attached hydrogens (tertiary/aromatic N) is 1. The maximum Gasteiger partial charge on any atom is 0.227 e. The molecule has 1 aliphatic carbocycles. The molecule has 1 fully saturated rings. The van der Waals surface area contributed by atoms with Gasteiger partial charge in [0.15, 0.2) is 15.3 Å². The van der Waals surface area contributed by atoms with Crippen LogP contribution in [-0.4, -0.2) is 27.9 Å². The van der Waals surface area contributed by atoms with Crippen LogP contribution in [0.25, 0.3) is 0 Å². The smallest absolute Gasteiger partial charge is 0.227 e. The van der Waals surface area contributed by atoms with Crippen molar-refractivity contribution in [1.82, 2.24) is 10.3 Å². The number of anilines is 2. The van der Waals surface area contributed by atoms with Crippen molar-refractivity contribution in [3.05, 3.63) is 35.8 Å². The topological polar surface area (TPSA) is 123 Å². The molecule has 29 heavy (non-hydrogen) atoms. The summed E-state index contributed by atoms with van der Waals surface area (Å²) in [6.45, 7) is 2.51. The summed E-state index contributed by atoms with van der Waals surface area (Å²) in [7, 11) is -3.72. The second-order valence-corrected chi connectivity index (χ2v) is 9.48. The number of hydrogen-bond donors (Lipinski definition) is 3. The molecule has 2 aromatic rings. The molecule has 3 rings (SSSR count). The lowest BCUT2D eigenvalue weighted by atomic mass is 9.81. The molecule has 0 radical (unpaired) electrons. The second-order valence-electron chi connectivity index (χ2n) is 6.90. The van der Waals surface area contributed by atoms with E-state index < -0.39 is 10.4 Å². The monoisotopic (exact) mass is 436 g/mol. The number of carbonyl (C=O) groups is 2. The molecule has 0 bridgehead atoms. The van der Waals surface area contributed by atoms with Crippen molar-refractivity contribution in [3.63, 3.8) is 0 Å². The Kier molecular flexibility index (Phi) is 6.99. The van der Waals surface area contributed by atoms with E-state index in [0.717, 1.165) is 0 Å². The Bertz CT molecular complexity index is 878. The van der Waals surface area contributed by atoms with E-state index in [1.54, 1.807) is 17.5 Å². The van der Waals surface area contributed by atoms with Gasteiger partial charge in [0.2, 0.25) is 16.9 Å². The molecule has 1 atom stereocenters. The van der Waals surface area contributed by atoms with Gasteiger partial charge in [-0.2, -0.15) is 4.72 Å². The summed E-state index contributed by atoms with van der Waals surface area (Å²) in [6, 6.07) is 6.01. The van der Waals surface area contributed by atoms with Gasteiger partial charge in [0.05, 0.1) is 0 Å². The van der Waals surface area contributed by atoms with Crippen LogP contribution in [0.2, 0.25) is 0 Å². The summed E-state index contributed by atoms with van der Waals surface area (Å²) in [5.41, 5.74) is 0.536. The van der Waals surface area contributed by atoms with Crippen molar-refractivity contribution in [2.45, 2.75) is 37.5 Å². The molecule has 8 nitrogen and oxygen atoms in total. The van der Waals surface area contributed by atoms with Crippen molar-refractivity contribution >= 4 is 44.4 Å². The van der Waals surface area contributed by atoms with E-state index in [2.05, 4.69) is 20.3 Å². The Morgan fingerprint density at radius 1 is 1.14 bits per heavy atom. The van der Waals surface area contributed by atoms with Gasteiger partial charge in [-0.25, -0.2) is 4.98 Å². The number of sulfonamides is 1. The first kappa shape index (κ1) is 21.4. The highest BCUT2D eigenvalue weighted by Crippen LogP contribution is 2.30. The van der Waals surface area contributed by atoms with E-state index >= 15 is 0 Å². The molecule has 0 aliphatic heterocycles. The number of hydrogen-bond acceptors (Lipinski definition) is 6. The highest BCUT2D eigenvalue weighted by Gasteiger charge is 2.30. The van der Waals surface area contributed by atoms with Crippen molar-refractivity contribution in [2.75, 3.05) is 16.6 Å². The molecular weight excluding hydrogens is 412 g/mol. The number of carbonyl (C=O) groups excluding carboxylic acids is 2. The normalized spacial score (nSPS) is 21.0. The average molecular weight is 437 g/mol. The largest absolute Gasteiger partial charge is 0.588 e. The average Bonchev–Trinajstić information content (AvgIpc) is 3.21. The second kappa shape index (κ2) is 9.47. The van der Waals surface area contributed by atoms with Crippen LogP contribution in [0.1, 0.15) is 32.6 Å². The van der Waals surface area contributed by atoms with Crippen LogP contribution in [0.5, 0.6) is 0 Å². The number of benzene rings is 1. The maximum atomic E-state index is 12.5. The number of aromatic nitrogens is 1.